The van der Waals surface area contributed by atoms with E-state index in [-0.39, 0.29) is 5.56 Å². The molecule has 0 radical (unpaired) electrons. The van der Waals surface area contributed by atoms with Gasteiger partial charge in [-0.05, 0) is 18.9 Å². The van der Waals surface area contributed by atoms with Crippen LogP contribution < -0.4 is 0 Å². The van der Waals surface area contributed by atoms with Gasteiger partial charge < -0.3 is 5.11 Å². The van der Waals surface area contributed by atoms with Crippen LogP contribution in [0.4, 0.5) is 8.78 Å². The molecule has 2 rings (SSSR count). The second-order valence-corrected chi connectivity index (χ2v) is 6.11. The first kappa shape index (κ1) is 13.8. The van der Waals surface area contributed by atoms with Gasteiger partial charge >= 0.3 is 0 Å². The lowest BCUT2D eigenvalue weighted by atomic mass is 10.0. The van der Waals surface area contributed by atoms with Crippen LogP contribution in [0.25, 0.3) is 0 Å². The average molecular weight is 272 g/mol. The molecule has 1 N–H and O–H groups in total. The second-order valence-electron chi connectivity index (χ2n) is 4.77. The maximum atomic E-state index is 13.5. The molecule has 0 amide bonds. The molecule has 0 spiro atoms. The maximum absolute atomic E-state index is 13.5. The van der Waals surface area contributed by atoms with Crippen LogP contribution in [0.1, 0.15) is 43.8 Å². The molecular formula is C14H18F2OS. The van der Waals surface area contributed by atoms with Crippen molar-refractivity contribution in [2.75, 3.05) is 5.75 Å². The summed E-state index contributed by atoms with van der Waals surface area (Å²) in [6, 6.07) is 3.34. The van der Waals surface area contributed by atoms with E-state index < -0.39 is 17.7 Å². The van der Waals surface area contributed by atoms with Gasteiger partial charge in [0, 0.05) is 22.6 Å². The van der Waals surface area contributed by atoms with Crippen LogP contribution in [0.5, 0.6) is 0 Å². The molecule has 1 unspecified atom stereocenters. The highest BCUT2D eigenvalue weighted by Gasteiger charge is 2.18. The zero-order chi connectivity index (χ0) is 13.0. The summed E-state index contributed by atoms with van der Waals surface area (Å²) in [5, 5.41) is 10.5. The van der Waals surface area contributed by atoms with E-state index in [1.54, 1.807) is 11.8 Å². The minimum atomic E-state index is -0.850. The number of benzene rings is 1. The first-order valence-corrected chi connectivity index (χ1v) is 7.46. The van der Waals surface area contributed by atoms with E-state index in [2.05, 4.69) is 0 Å². The van der Waals surface area contributed by atoms with Crippen LogP contribution in [0.2, 0.25) is 0 Å². The molecule has 18 heavy (non-hydrogen) atoms. The fourth-order valence-corrected chi connectivity index (χ4v) is 3.62. The topological polar surface area (TPSA) is 20.2 Å². The summed E-state index contributed by atoms with van der Waals surface area (Å²) in [7, 11) is 0. The van der Waals surface area contributed by atoms with Crippen LogP contribution in [0.3, 0.4) is 0 Å². The van der Waals surface area contributed by atoms with Gasteiger partial charge in [0.15, 0.2) is 0 Å². The third-order valence-corrected chi connectivity index (χ3v) is 4.81. The smallest absolute Gasteiger partial charge is 0.131 e. The van der Waals surface area contributed by atoms with E-state index in [0.717, 1.165) is 6.07 Å². The van der Waals surface area contributed by atoms with Gasteiger partial charge in [0.2, 0.25) is 0 Å². The number of aliphatic hydroxyl groups is 1. The summed E-state index contributed by atoms with van der Waals surface area (Å²) < 4.78 is 26.2. The normalized spacial score (nSPS) is 18.8. The molecule has 0 aromatic heterocycles. The third kappa shape index (κ3) is 3.69. The Labute approximate surface area is 111 Å². The molecule has 1 nitrogen and oxygen atoms in total. The second kappa shape index (κ2) is 6.53. The van der Waals surface area contributed by atoms with E-state index >= 15 is 0 Å². The minimum absolute atomic E-state index is 0.194. The lowest BCUT2D eigenvalue weighted by Crippen LogP contribution is -2.12. The van der Waals surface area contributed by atoms with Crippen LogP contribution in [0, 0.1) is 11.6 Å². The molecule has 1 fully saturated rings. The van der Waals surface area contributed by atoms with E-state index in [1.165, 1.54) is 44.2 Å². The van der Waals surface area contributed by atoms with Gasteiger partial charge in [-0.15, -0.1) is 0 Å². The standard InChI is InChI=1S/C14H18F2OS/c15-10-6-7-12(13(16)8-10)14(17)9-18-11-4-2-1-3-5-11/h6-8,11,14,17H,1-5,9H2. The highest BCUT2D eigenvalue weighted by atomic mass is 32.2. The van der Waals surface area contributed by atoms with E-state index in [4.69, 9.17) is 0 Å². The van der Waals surface area contributed by atoms with Crippen molar-refractivity contribution in [1.29, 1.82) is 0 Å². The number of aliphatic hydroxyl groups excluding tert-OH is 1. The Morgan fingerprint density at radius 1 is 1.22 bits per heavy atom. The molecule has 0 saturated heterocycles. The first-order chi connectivity index (χ1) is 8.66. The lowest BCUT2D eigenvalue weighted by Gasteiger charge is -2.22. The van der Waals surface area contributed by atoms with Crippen molar-refractivity contribution in [3.63, 3.8) is 0 Å². The first-order valence-electron chi connectivity index (χ1n) is 6.41. The SMILES string of the molecule is OC(CSC1CCCCC1)c1ccc(F)cc1F. The fourth-order valence-electron chi connectivity index (χ4n) is 2.32. The molecule has 4 heteroatoms. The third-order valence-electron chi connectivity index (χ3n) is 3.36. The van der Waals surface area contributed by atoms with Gasteiger partial charge in [0.05, 0.1) is 6.10 Å². The molecule has 1 aromatic carbocycles. The molecule has 1 atom stereocenters. The van der Waals surface area contributed by atoms with Gasteiger partial charge in [0.1, 0.15) is 11.6 Å². The summed E-state index contributed by atoms with van der Waals surface area (Å²) >= 11 is 1.70. The molecule has 1 aromatic rings. The van der Waals surface area contributed by atoms with E-state index in [0.29, 0.717) is 11.0 Å². The van der Waals surface area contributed by atoms with Gasteiger partial charge in [-0.25, -0.2) is 8.78 Å². The average Bonchev–Trinajstić information content (AvgIpc) is 2.37. The fraction of sp³-hybridized carbons (Fsp3) is 0.571. The zero-order valence-corrected chi connectivity index (χ0v) is 11.1. The molecule has 0 aliphatic heterocycles. The zero-order valence-electron chi connectivity index (χ0n) is 10.2. The number of halogens is 2. The summed E-state index contributed by atoms with van der Waals surface area (Å²) in [6.07, 6.45) is 5.31. The monoisotopic (exact) mass is 272 g/mol. The Kier molecular flexibility index (Phi) is 5.01. The Hall–Kier alpha value is -0.610. The van der Waals surface area contributed by atoms with Crippen molar-refractivity contribution in [3.05, 3.63) is 35.4 Å². The largest absolute Gasteiger partial charge is 0.387 e. The molecule has 100 valence electrons. The van der Waals surface area contributed by atoms with Crippen molar-refractivity contribution in [1.82, 2.24) is 0 Å². The Morgan fingerprint density at radius 3 is 2.61 bits per heavy atom. The highest BCUT2D eigenvalue weighted by molar-refractivity contribution is 7.99. The Balaban J connectivity index is 1.88. The predicted molar refractivity (Wildman–Crippen MR) is 70.6 cm³/mol. The van der Waals surface area contributed by atoms with Gasteiger partial charge in [-0.1, -0.05) is 25.3 Å². The molecule has 0 heterocycles. The van der Waals surface area contributed by atoms with Crippen molar-refractivity contribution in [2.24, 2.45) is 0 Å². The van der Waals surface area contributed by atoms with Crippen molar-refractivity contribution >= 4 is 11.8 Å². The van der Waals surface area contributed by atoms with Crippen LogP contribution in [0.15, 0.2) is 18.2 Å². The Morgan fingerprint density at radius 2 is 1.94 bits per heavy atom. The molecule has 1 saturated carbocycles. The predicted octanol–water partition coefficient (Wildman–Crippen LogP) is 4.06. The number of thioether (sulfide) groups is 1. The minimum Gasteiger partial charge on any atom is -0.387 e. The Bertz CT molecular complexity index is 391. The van der Waals surface area contributed by atoms with Crippen LogP contribution >= 0.6 is 11.8 Å². The quantitative estimate of drug-likeness (QED) is 0.891. The maximum Gasteiger partial charge on any atom is 0.131 e. The molecular weight excluding hydrogens is 254 g/mol. The molecule has 1 aliphatic rings. The lowest BCUT2D eigenvalue weighted by molar-refractivity contribution is 0.198. The van der Waals surface area contributed by atoms with E-state index in [9.17, 15) is 13.9 Å². The summed E-state index contributed by atoms with van der Waals surface area (Å²) in [4.78, 5) is 0. The number of rotatable bonds is 4. The molecule has 0 bridgehead atoms. The van der Waals surface area contributed by atoms with Gasteiger partial charge in [-0.2, -0.15) is 11.8 Å². The summed E-state index contributed by atoms with van der Waals surface area (Å²) in [6.45, 7) is 0. The number of hydrogen-bond acceptors (Lipinski definition) is 2. The number of hydrogen-bond donors (Lipinski definition) is 1. The van der Waals surface area contributed by atoms with Gasteiger partial charge in [-0.3, -0.25) is 0 Å². The highest BCUT2D eigenvalue weighted by Crippen LogP contribution is 2.31. The molecule has 1 aliphatic carbocycles. The summed E-state index contributed by atoms with van der Waals surface area (Å²) in [5.41, 5.74) is 0.194. The van der Waals surface area contributed by atoms with Crippen molar-refractivity contribution in [2.45, 2.75) is 43.5 Å². The van der Waals surface area contributed by atoms with E-state index in [1.807, 2.05) is 0 Å². The van der Waals surface area contributed by atoms with Crippen molar-refractivity contribution in [3.8, 4) is 0 Å². The van der Waals surface area contributed by atoms with Crippen LogP contribution in [-0.4, -0.2) is 16.1 Å². The van der Waals surface area contributed by atoms with Gasteiger partial charge in [0.25, 0.3) is 0 Å². The van der Waals surface area contributed by atoms with Crippen LogP contribution in [-0.2, 0) is 0 Å². The summed E-state index contributed by atoms with van der Waals surface area (Å²) in [5.74, 6) is -0.789. The van der Waals surface area contributed by atoms with Crippen molar-refractivity contribution < 1.29 is 13.9 Å².